The summed E-state index contributed by atoms with van der Waals surface area (Å²) in [6.07, 6.45) is 1.29. The molecule has 3 aliphatic heterocycles. The van der Waals surface area contributed by atoms with Crippen LogP contribution in [-0.2, 0) is 23.8 Å². The predicted molar refractivity (Wildman–Crippen MR) is 59.6 cm³/mol. The van der Waals surface area contributed by atoms with Gasteiger partial charge in [-0.3, -0.25) is 4.79 Å². The second-order valence-electron chi connectivity index (χ2n) is 5.02. The van der Waals surface area contributed by atoms with E-state index in [0.717, 1.165) is 0 Å². The molecule has 6 heteroatoms. The quantitative estimate of drug-likeness (QED) is 0.653. The van der Waals surface area contributed by atoms with Crippen LogP contribution in [0.4, 0.5) is 0 Å². The van der Waals surface area contributed by atoms with Crippen molar-refractivity contribution in [3.63, 3.8) is 0 Å². The Labute approximate surface area is 105 Å². The number of hydrogen-bond donors (Lipinski definition) is 0. The van der Waals surface area contributed by atoms with Gasteiger partial charge in [-0.05, 0) is 13.3 Å². The summed E-state index contributed by atoms with van der Waals surface area (Å²) >= 11 is 0. The van der Waals surface area contributed by atoms with Crippen LogP contribution in [0.15, 0.2) is 0 Å². The molecular weight excluding hydrogens is 238 g/mol. The molecule has 0 radical (unpaired) electrons. The summed E-state index contributed by atoms with van der Waals surface area (Å²) in [5.74, 6) is -1.13. The molecule has 1 spiro atoms. The highest BCUT2D eigenvalue weighted by Crippen LogP contribution is 2.47. The third-order valence-electron chi connectivity index (χ3n) is 4.00. The molecule has 0 bridgehead atoms. The van der Waals surface area contributed by atoms with Crippen molar-refractivity contribution in [1.82, 2.24) is 4.90 Å². The van der Waals surface area contributed by atoms with Crippen molar-refractivity contribution in [3.05, 3.63) is 0 Å². The summed E-state index contributed by atoms with van der Waals surface area (Å²) in [5, 5.41) is 0. The standard InChI is InChI=1S/C12H17NO5/c1-2-16-10(15)11-4-3-9(14)13(11)8-12(7-11)17-5-6-18-12/h2-8H2,1H3/t11-/m0/s1. The van der Waals surface area contributed by atoms with E-state index in [-0.39, 0.29) is 11.9 Å². The van der Waals surface area contributed by atoms with Crippen molar-refractivity contribution in [1.29, 1.82) is 0 Å². The van der Waals surface area contributed by atoms with Gasteiger partial charge in [-0.25, -0.2) is 4.79 Å². The van der Waals surface area contributed by atoms with E-state index < -0.39 is 11.3 Å². The molecule has 3 heterocycles. The smallest absolute Gasteiger partial charge is 0.332 e. The molecule has 6 nitrogen and oxygen atoms in total. The highest BCUT2D eigenvalue weighted by molar-refractivity contribution is 5.92. The van der Waals surface area contributed by atoms with Crippen LogP contribution in [0, 0.1) is 0 Å². The molecule has 0 aromatic heterocycles. The van der Waals surface area contributed by atoms with Gasteiger partial charge in [0.2, 0.25) is 5.91 Å². The van der Waals surface area contributed by atoms with Crippen molar-refractivity contribution in [2.24, 2.45) is 0 Å². The molecule has 3 rings (SSSR count). The molecule has 3 fully saturated rings. The Morgan fingerprint density at radius 2 is 2.17 bits per heavy atom. The van der Waals surface area contributed by atoms with Crippen LogP contribution < -0.4 is 0 Å². The Bertz CT molecular complexity index is 390. The number of carbonyl (C=O) groups excluding carboxylic acids is 2. The number of nitrogens with zero attached hydrogens (tertiary/aromatic N) is 1. The van der Waals surface area contributed by atoms with Gasteiger partial charge >= 0.3 is 5.97 Å². The van der Waals surface area contributed by atoms with Crippen LogP contribution in [0.1, 0.15) is 26.2 Å². The highest BCUT2D eigenvalue weighted by atomic mass is 16.7. The summed E-state index contributed by atoms with van der Waals surface area (Å²) < 4.78 is 16.4. The van der Waals surface area contributed by atoms with Crippen LogP contribution >= 0.6 is 0 Å². The zero-order valence-electron chi connectivity index (χ0n) is 10.4. The number of carbonyl (C=O) groups is 2. The third kappa shape index (κ3) is 1.48. The number of ether oxygens (including phenoxy) is 3. The first kappa shape index (κ1) is 11.9. The van der Waals surface area contributed by atoms with Gasteiger partial charge in [0, 0.05) is 12.8 Å². The van der Waals surface area contributed by atoms with Gasteiger partial charge < -0.3 is 19.1 Å². The Balaban J connectivity index is 1.90. The first-order valence-corrected chi connectivity index (χ1v) is 6.37. The van der Waals surface area contributed by atoms with Gasteiger partial charge in [0.1, 0.15) is 5.54 Å². The van der Waals surface area contributed by atoms with Crippen molar-refractivity contribution < 1.29 is 23.8 Å². The lowest BCUT2D eigenvalue weighted by Crippen LogP contribution is -2.48. The van der Waals surface area contributed by atoms with Crippen LogP contribution in [0.3, 0.4) is 0 Å². The third-order valence-corrected chi connectivity index (χ3v) is 4.00. The van der Waals surface area contributed by atoms with E-state index in [4.69, 9.17) is 14.2 Å². The highest BCUT2D eigenvalue weighted by Gasteiger charge is 2.65. The van der Waals surface area contributed by atoms with E-state index in [1.165, 1.54) is 0 Å². The lowest BCUT2D eigenvalue weighted by atomic mass is 9.92. The Morgan fingerprint density at radius 1 is 1.44 bits per heavy atom. The number of fused-ring (bicyclic) bond motifs is 1. The Morgan fingerprint density at radius 3 is 2.83 bits per heavy atom. The minimum Gasteiger partial charge on any atom is -0.464 e. The molecule has 3 saturated heterocycles. The minimum atomic E-state index is -0.864. The molecule has 100 valence electrons. The number of amides is 1. The average Bonchev–Trinajstić information content (AvgIpc) is 3.00. The molecule has 0 saturated carbocycles. The maximum atomic E-state index is 12.2. The monoisotopic (exact) mass is 255 g/mol. The van der Waals surface area contributed by atoms with Crippen LogP contribution in [0.2, 0.25) is 0 Å². The topological polar surface area (TPSA) is 65.1 Å². The maximum Gasteiger partial charge on any atom is 0.332 e. The van der Waals surface area contributed by atoms with Gasteiger partial charge in [0.25, 0.3) is 0 Å². The molecule has 18 heavy (non-hydrogen) atoms. The first-order chi connectivity index (χ1) is 8.62. The van der Waals surface area contributed by atoms with Crippen molar-refractivity contribution in [2.75, 3.05) is 26.4 Å². The summed E-state index contributed by atoms with van der Waals surface area (Å²) in [6, 6.07) is 0. The maximum absolute atomic E-state index is 12.2. The van der Waals surface area contributed by atoms with Crippen LogP contribution in [-0.4, -0.2) is 54.5 Å². The van der Waals surface area contributed by atoms with E-state index in [2.05, 4.69) is 0 Å². The fourth-order valence-electron chi connectivity index (χ4n) is 3.23. The van der Waals surface area contributed by atoms with Gasteiger partial charge in [0.05, 0.1) is 26.4 Å². The molecule has 0 N–H and O–H groups in total. The van der Waals surface area contributed by atoms with Gasteiger partial charge in [-0.2, -0.15) is 0 Å². The lowest BCUT2D eigenvalue weighted by Gasteiger charge is -2.28. The molecule has 0 aromatic carbocycles. The first-order valence-electron chi connectivity index (χ1n) is 6.37. The van der Waals surface area contributed by atoms with E-state index in [0.29, 0.717) is 45.6 Å². The number of hydrogen-bond acceptors (Lipinski definition) is 5. The molecule has 0 aromatic rings. The largest absolute Gasteiger partial charge is 0.464 e. The van der Waals surface area contributed by atoms with Crippen molar-refractivity contribution in [3.8, 4) is 0 Å². The molecule has 0 aliphatic carbocycles. The van der Waals surface area contributed by atoms with Crippen molar-refractivity contribution in [2.45, 2.75) is 37.5 Å². The molecule has 1 atom stereocenters. The van der Waals surface area contributed by atoms with Crippen LogP contribution in [0.5, 0.6) is 0 Å². The summed E-state index contributed by atoms with van der Waals surface area (Å²) in [4.78, 5) is 25.7. The predicted octanol–water partition coefficient (Wildman–Crippen LogP) is 0.0575. The molecular formula is C12H17NO5. The fourth-order valence-corrected chi connectivity index (χ4v) is 3.23. The Hall–Kier alpha value is -1.14. The summed E-state index contributed by atoms with van der Waals surface area (Å²) in [7, 11) is 0. The van der Waals surface area contributed by atoms with E-state index in [9.17, 15) is 9.59 Å². The van der Waals surface area contributed by atoms with Gasteiger partial charge in [0.15, 0.2) is 5.79 Å². The SMILES string of the molecule is CCOC(=O)[C@@]12CCC(=O)N1CC1(C2)OCCO1. The number of esters is 1. The molecule has 3 aliphatic rings. The van der Waals surface area contributed by atoms with E-state index >= 15 is 0 Å². The lowest BCUT2D eigenvalue weighted by molar-refractivity contribution is -0.161. The fraction of sp³-hybridized carbons (Fsp3) is 0.833. The normalized spacial score (nSPS) is 33.2. The van der Waals surface area contributed by atoms with Crippen LogP contribution in [0.25, 0.3) is 0 Å². The molecule has 0 unspecified atom stereocenters. The van der Waals surface area contributed by atoms with E-state index in [1.807, 2.05) is 0 Å². The summed E-state index contributed by atoms with van der Waals surface area (Å²) in [6.45, 7) is 3.45. The van der Waals surface area contributed by atoms with Gasteiger partial charge in [-0.1, -0.05) is 0 Å². The Kier molecular flexibility index (Phi) is 2.60. The average molecular weight is 255 g/mol. The second kappa shape index (κ2) is 3.93. The molecule has 1 amide bonds. The minimum absolute atomic E-state index is 0.0148. The van der Waals surface area contributed by atoms with E-state index in [1.54, 1.807) is 11.8 Å². The zero-order chi connectivity index (χ0) is 12.8. The van der Waals surface area contributed by atoms with Crippen molar-refractivity contribution >= 4 is 11.9 Å². The second-order valence-corrected chi connectivity index (χ2v) is 5.02. The number of rotatable bonds is 2. The zero-order valence-corrected chi connectivity index (χ0v) is 10.4. The van der Waals surface area contributed by atoms with Gasteiger partial charge in [-0.15, -0.1) is 0 Å². The summed E-state index contributed by atoms with van der Waals surface area (Å²) in [5.41, 5.74) is -0.864.